The van der Waals surface area contributed by atoms with Crippen molar-refractivity contribution in [1.82, 2.24) is 0 Å². The van der Waals surface area contributed by atoms with Crippen LogP contribution in [0.4, 0.5) is 11.4 Å². The number of benzene rings is 1. The molecule has 1 aromatic rings. The Kier molecular flexibility index (Phi) is 3.22. The highest BCUT2D eigenvalue weighted by atomic mass is 35.5. The zero-order valence-electron chi connectivity index (χ0n) is 10.6. The van der Waals surface area contributed by atoms with Gasteiger partial charge in [-0.15, -0.1) is 0 Å². The number of rotatable bonds is 3. The highest BCUT2D eigenvalue weighted by molar-refractivity contribution is 6.33. The van der Waals surface area contributed by atoms with Crippen LogP contribution in [-0.2, 0) is 4.79 Å². The largest absolute Gasteiger partial charge is 0.324 e. The zero-order valence-corrected chi connectivity index (χ0v) is 11.3. The van der Waals surface area contributed by atoms with E-state index in [4.69, 9.17) is 11.6 Å². The molecular formula is C14H13ClN2O3. The van der Waals surface area contributed by atoms with Gasteiger partial charge in [0, 0.05) is 18.1 Å². The van der Waals surface area contributed by atoms with Gasteiger partial charge in [0.05, 0.1) is 15.6 Å². The maximum absolute atomic E-state index is 12.3. The van der Waals surface area contributed by atoms with Crippen LogP contribution in [0.15, 0.2) is 30.4 Å². The molecule has 20 heavy (non-hydrogen) atoms. The first-order chi connectivity index (χ1) is 9.54. The Morgan fingerprint density at radius 1 is 1.35 bits per heavy atom. The van der Waals surface area contributed by atoms with Crippen molar-refractivity contribution in [2.24, 2.45) is 17.8 Å². The van der Waals surface area contributed by atoms with Crippen LogP contribution in [0.5, 0.6) is 0 Å². The topological polar surface area (TPSA) is 72.2 Å². The minimum Gasteiger partial charge on any atom is -0.324 e. The van der Waals surface area contributed by atoms with Crippen LogP contribution in [0, 0.1) is 27.9 Å². The lowest BCUT2D eigenvalue weighted by Crippen LogP contribution is -2.26. The molecule has 1 amide bonds. The molecule has 0 aliphatic heterocycles. The van der Waals surface area contributed by atoms with Gasteiger partial charge in [-0.3, -0.25) is 14.9 Å². The van der Waals surface area contributed by atoms with Crippen molar-refractivity contribution in [2.75, 3.05) is 5.32 Å². The number of carbonyl (C=O) groups excluding carboxylic acids is 1. The molecule has 1 fully saturated rings. The number of anilines is 1. The van der Waals surface area contributed by atoms with Gasteiger partial charge in [-0.1, -0.05) is 23.8 Å². The number of amides is 1. The molecule has 0 spiro atoms. The van der Waals surface area contributed by atoms with Gasteiger partial charge >= 0.3 is 0 Å². The van der Waals surface area contributed by atoms with Crippen molar-refractivity contribution in [3.8, 4) is 0 Å². The molecule has 3 unspecified atom stereocenters. The minimum atomic E-state index is -0.508. The SMILES string of the molecule is O=C(Nc1cc([N+](=O)[O-])ccc1Cl)C1CC2C=CC1C2. The first-order valence-electron chi connectivity index (χ1n) is 6.47. The number of allylic oxidation sites excluding steroid dienone is 2. The molecule has 0 heterocycles. The van der Waals surface area contributed by atoms with E-state index in [2.05, 4.69) is 17.5 Å². The number of nitrogens with zero attached hydrogens (tertiary/aromatic N) is 1. The Morgan fingerprint density at radius 2 is 2.15 bits per heavy atom. The van der Waals surface area contributed by atoms with Gasteiger partial charge in [0.1, 0.15) is 0 Å². The van der Waals surface area contributed by atoms with Crippen molar-refractivity contribution < 1.29 is 9.72 Å². The van der Waals surface area contributed by atoms with E-state index < -0.39 is 4.92 Å². The van der Waals surface area contributed by atoms with Crippen molar-refractivity contribution in [3.63, 3.8) is 0 Å². The summed E-state index contributed by atoms with van der Waals surface area (Å²) in [6.07, 6.45) is 6.13. The Morgan fingerprint density at radius 3 is 2.75 bits per heavy atom. The molecular weight excluding hydrogens is 280 g/mol. The fourth-order valence-corrected chi connectivity index (χ4v) is 3.20. The summed E-state index contributed by atoms with van der Waals surface area (Å²) in [6.45, 7) is 0. The number of halogens is 1. The van der Waals surface area contributed by atoms with Gasteiger partial charge < -0.3 is 5.32 Å². The fraction of sp³-hybridized carbons (Fsp3) is 0.357. The summed E-state index contributed by atoms with van der Waals surface area (Å²) in [7, 11) is 0. The molecule has 1 aromatic carbocycles. The smallest absolute Gasteiger partial charge is 0.271 e. The second-order valence-electron chi connectivity index (χ2n) is 5.30. The fourth-order valence-electron chi connectivity index (χ4n) is 3.03. The average Bonchev–Trinajstić information content (AvgIpc) is 3.03. The molecule has 0 aromatic heterocycles. The number of hydrogen-bond donors (Lipinski definition) is 1. The van der Waals surface area contributed by atoms with E-state index in [0.717, 1.165) is 12.8 Å². The molecule has 3 rings (SSSR count). The van der Waals surface area contributed by atoms with E-state index >= 15 is 0 Å². The van der Waals surface area contributed by atoms with Gasteiger partial charge in [0.25, 0.3) is 5.69 Å². The molecule has 3 atom stereocenters. The van der Waals surface area contributed by atoms with Crippen molar-refractivity contribution in [2.45, 2.75) is 12.8 Å². The Bertz CT molecular complexity index is 614. The first-order valence-corrected chi connectivity index (χ1v) is 6.85. The van der Waals surface area contributed by atoms with E-state index in [0.29, 0.717) is 16.6 Å². The lowest BCUT2D eigenvalue weighted by atomic mass is 9.93. The van der Waals surface area contributed by atoms with Crippen LogP contribution in [0.1, 0.15) is 12.8 Å². The Labute approximate surface area is 120 Å². The molecule has 2 aliphatic rings. The monoisotopic (exact) mass is 292 g/mol. The van der Waals surface area contributed by atoms with Crippen LogP contribution in [0.3, 0.4) is 0 Å². The molecule has 0 radical (unpaired) electrons. The van der Waals surface area contributed by atoms with Crippen LogP contribution in [0.25, 0.3) is 0 Å². The van der Waals surface area contributed by atoms with E-state index in [1.54, 1.807) is 0 Å². The molecule has 2 aliphatic carbocycles. The van der Waals surface area contributed by atoms with E-state index in [1.807, 2.05) is 0 Å². The lowest BCUT2D eigenvalue weighted by molar-refractivity contribution is -0.384. The van der Waals surface area contributed by atoms with E-state index in [-0.39, 0.29) is 23.4 Å². The summed E-state index contributed by atoms with van der Waals surface area (Å²) in [5, 5.41) is 13.8. The predicted octanol–water partition coefficient (Wildman–Crippen LogP) is 3.40. The Balaban J connectivity index is 1.77. The highest BCUT2D eigenvalue weighted by Crippen LogP contribution is 2.44. The molecule has 0 saturated heterocycles. The zero-order chi connectivity index (χ0) is 14.3. The Hall–Kier alpha value is -1.88. The number of fused-ring (bicyclic) bond motifs is 2. The van der Waals surface area contributed by atoms with Crippen LogP contribution in [-0.4, -0.2) is 10.8 Å². The molecule has 5 nitrogen and oxygen atoms in total. The number of nitrogens with one attached hydrogen (secondary N) is 1. The third kappa shape index (κ3) is 2.29. The number of non-ortho nitro benzene ring substituents is 1. The third-order valence-corrected chi connectivity index (χ3v) is 4.36. The van der Waals surface area contributed by atoms with Gasteiger partial charge in [-0.25, -0.2) is 0 Å². The first kappa shape index (κ1) is 13.1. The normalized spacial score (nSPS) is 26.8. The van der Waals surface area contributed by atoms with Crippen LogP contribution in [0.2, 0.25) is 5.02 Å². The summed E-state index contributed by atoms with van der Waals surface area (Å²) in [4.78, 5) is 22.5. The van der Waals surface area contributed by atoms with Crippen LogP contribution >= 0.6 is 11.6 Å². The molecule has 104 valence electrons. The quantitative estimate of drug-likeness (QED) is 0.527. The number of nitro groups is 1. The third-order valence-electron chi connectivity index (χ3n) is 4.03. The van der Waals surface area contributed by atoms with Gasteiger partial charge in [-0.05, 0) is 30.7 Å². The van der Waals surface area contributed by atoms with Gasteiger partial charge in [-0.2, -0.15) is 0 Å². The number of carbonyl (C=O) groups is 1. The van der Waals surface area contributed by atoms with E-state index in [1.165, 1.54) is 18.2 Å². The highest BCUT2D eigenvalue weighted by Gasteiger charge is 2.39. The maximum atomic E-state index is 12.3. The standard InChI is InChI=1S/C14H13ClN2O3/c15-12-4-3-10(17(19)20)7-13(12)16-14(18)11-6-8-1-2-9(11)5-8/h1-4,7-9,11H,5-6H2,(H,16,18). The van der Waals surface area contributed by atoms with Crippen molar-refractivity contribution >= 4 is 28.9 Å². The summed E-state index contributed by atoms with van der Waals surface area (Å²) >= 11 is 5.98. The summed E-state index contributed by atoms with van der Waals surface area (Å²) < 4.78 is 0. The van der Waals surface area contributed by atoms with Gasteiger partial charge in [0.2, 0.25) is 5.91 Å². The summed E-state index contributed by atoms with van der Waals surface area (Å²) in [5.74, 6) is 0.624. The second kappa shape index (κ2) is 4.90. The number of hydrogen-bond acceptors (Lipinski definition) is 3. The number of nitro benzene ring substituents is 1. The van der Waals surface area contributed by atoms with Gasteiger partial charge in [0.15, 0.2) is 0 Å². The summed E-state index contributed by atoms with van der Waals surface area (Å²) in [6, 6.07) is 4.04. The van der Waals surface area contributed by atoms with Crippen molar-refractivity contribution in [1.29, 1.82) is 0 Å². The molecule has 6 heteroatoms. The summed E-state index contributed by atoms with van der Waals surface area (Å²) in [5.41, 5.74) is 0.218. The molecule has 1 N–H and O–H groups in total. The van der Waals surface area contributed by atoms with Crippen molar-refractivity contribution in [3.05, 3.63) is 45.5 Å². The van der Waals surface area contributed by atoms with Crippen LogP contribution < -0.4 is 5.32 Å². The second-order valence-corrected chi connectivity index (χ2v) is 5.70. The average molecular weight is 293 g/mol. The predicted molar refractivity (Wildman–Crippen MR) is 75.6 cm³/mol. The molecule has 2 bridgehead atoms. The minimum absolute atomic E-state index is 0.0553. The lowest BCUT2D eigenvalue weighted by Gasteiger charge is -2.17. The maximum Gasteiger partial charge on any atom is 0.271 e. The molecule has 1 saturated carbocycles. The van der Waals surface area contributed by atoms with E-state index in [9.17, 15) is 14.9 Å².